The fourth-order valence-electron chi connectivity index (χ4n) is 1.60. The first-order chi connectivity index (χ1) is 9.51. The van der Waals surface area contributed by atoms with Gasteiger partial charge >= 0.3 is 0 Å². The van der Waals surface area contributed by atoms with Crippen molar-refractivity contribution in [3.8, 4) is 11.8 Å². The molecule has 1 amide bonds. The Morgan fingerprint density at radius 2 is 2.05 bits per heavy atom. The van der Waals surface area contributed by atoms with Gasteiger partial charge in [0.1, 0.15) is 17.6 Å². The van der Waals surface area contributed by atoms with Gasteiger partial charge in [0.2, 0.25) is 0 Å². The van der Waals surface area contributed by atoms with E-state index in [2.05, 4.69) is 21.2 Å². The van der Waals surface area contributed by atoms with Crippen molar-refractivity contribution in [1.29, 1.82) is 5.26 Å². The van der Waals surface area contributed by atoms with E-state index in [-0.39, 0.29) is 22.6 Å². The molecule has 0 aromatic heterocycles. The lowest BCUT2D eigenvalue weighted by Crippen LogP contribution is -2.14. The largest absolute Gasteiger partial charge is 0.508 e. The lowest BCUT2D eigenvalue weighted by molar-refractivity contribution is 0.102. The van der Waals surface area contributed by atoms with Gasteiger partial charge in [0.25, 0.3) is 5.91 Å². The molecule has 0 aliphatic heterocycles. The summed E-state index contributed by atoms with van der Waals surface area (Å²) in [5, 5.41) is 20.5. The average Bonchev–Trinajstić information content (AvgIpc) is 2.38. The molecule has 0 aliphatic rings. The van der Waals surface area contributed by atoms with E-state index in [1.807, 2.05) is 6.07 Å². The first-order valence-corrected chi connectivity index (χ1v) is 6.30. The highest BCUT2D eigenvalue weighted by Crippen LogP contribution is 2.22. The predicted octanol–water partition coefficient (Wildman–Crippen LogP) is 3.42. The number of nitriles is 1. The van der Waals surface area contributed by atoms with Crippen LogP contribution in [0.2, 0.25) is 0 Å². The minimum atomic E-state index is -0.837. The van der Waals surface area contributed by atoms with E-state index in [1.165, 1.54) is 18.2 Å². The van der Waals surface area contributed by atoms with E-state index in [0.717, 1.165) is 6.07 Å². The van der Waals surface area contributed by atoms with E-state index >= 15 is 0 Å². The second kappa shape index (κ2) is 5.72. The van der Waals surface area contributed by atoms with E-state index in [0.29, 0.717) is 4.47 Å². The zero-order valence-electron chi connectivity index (χ0n) is 10.0. The monoisotopic (exact) mass is 334 g/mol. The molecule has 6 heteroatoms. The number of benzene rings is 2. The summed E-state index contributed by atoms with van der Waals surface area (Å²) in [6, 6.07) is 9.91. The molecular weight excluding hydrogens is 327 g/mol. The fraction of sp³-hybridized carbons (Fsp3) is 0. The van der Waals surface area contributed by atoms with Crippen LogP contribution in [0.15, 0.2) is 40.9 Å². The van der Waals surface area contributed by atoms with E-state index in [9.17, 15) is 9.18 Å². The Morgan fingerprint density at radius 3 is 2.70 bits per heavy atom. The molecule has 0 unspecified atom stereocenters. The lowest BCUT2D eigenvalue weighted by Gasteiger charge is -2.08. The molecule has 0 saturated carbocycles. The van der Waals surface area contributed by atoms with Gasteiger partial charge in [-0.15, -0.1) is 0 Å². The number of rotatable bonds is 2. The Bertz CT molecular complexity index is 726. The van der Waals surface area contributed by atoms with Crippen molar-refractivity contribution in [3.63, 3.8) is 0 Å². The molecule has 4 nitrogen and oxygen atoms in total. The maximum atomic E-state index is 13.6. The molecular formula is C14H8BrFN2O2. The zero-order chi connectivity index (χ0) is 14.7. The molecule has 0 fully saturated rings. The van der Waals surface area contributed by atoms with Gasteiger partial charge < -0.3 is 10.4 Å². The molecule has 0 aliphatic carbocycles. The van der Waals surface area contributed by atoms with Crippen molar-refractivity contribution in [1.82, 2.24) is 0 Å². The maximum Gasteiger partial charge on any atom is 0.258 e. The quantitative estimate of drug-likeness (QED) is 0.883. The third kappa shape index (κ3) is 2.95. The van der Waals surface area contributed by atoms with Gasteiger partial charge in [-0.05, 0) is 30.3 Å². The number of nitrogens with zero attached hydrogens (tertiary/aromatic N) is 1. The van der Waals surface area contributed by atoms with Crippen molar-refractivity contribution in [2.45, 2.75) is 0 Å². The molecule has 0 heterocycles. The molecule has 2 aromatic carbocycles. The molecule has 0 spiro atoms. The Labute approximate surface area is 122 Å². The minimum Gasteiger partial charge on any atom is -0.508 e. The van der Waals surface area contributed by atoms with Gasteiger partial charge in [-0.1, -0.05) is 15.9 Å². The van der Waals surface area contributed by atoms with Crippen molar-refractivity contribution in [2.24, 2.45) is 0 Å². The molecule has 0 bridgehead atoms. The first kappa shape index (κ1) is 14.0. The van der Waals surface area contributed by atoms with Crippen LogP contribution < -0.4 is 5.32 Å². The van der Waals surface area contributed by atoms with Crippen molar-refractivity contribution < 1.29 is 14.3 Å². The van der Waals surface area contributed by atoms with Crippen LogP contribution in [0.1, 0.15) is 15.9 Å². The SMILES string of the molecule is N#Cc1ccc(Br)cc1NC(=O)c1ccc(O)cc1F. The Hall–Kier alpha value is -2.39. The average molecular weight is 335 g/mol. The Morgan fingerprint density at radius 1 is 1.30 bits per heavy atom. The van der Waals surface area contributed by atoms with Crippen LogP contribution >= 0.6 is 15.9 Å². The summed E-state index contributed by atoms with van der Waals surface area (Å²) in [5.74, 6) is -1.80. The number of aromatic hydroxyl groups is 1. The number of phenols is 1. The number of phenolic OH excluding ortho intramolecular Hbond substituents is 1. The standard InChI is InChI=1S/C14H8BrFN2O2/c15-9-2-1-8(7-17)13(5-9)18-14(20)11-4-3-10(19)6-12(11)16/h1-6,19H,(H,18,20). The van der Waals surface area contributed by atoms with Gasteiger partial charge in [-0.2, -0.15) is 5.26 Å². The number of nitrogens with one attached hydrogen (secondary N) is 1. The number of carbonyl (C=O) groups is 1. The summed E-state index contributed by atoms with van der Waals surface area (Å²) in [6.45, 7) is 0. The minimum absolute atomic E-state index is 0.216. The highest BCUT2D eigenvalue weighted by atomic mass is 79.9. The number of hydrogen-bond donors (Lipinski definition) is 2. The van der Waals surface area contributed by atoms with Crippen LogP contribution in [-0.4, -0.2) is 11.0 Å². The second-order valence-corrected chi connectivity index (χ2v) is 4.84. The summed E-state index contributed by atoms with van der Waals surface area (Å²) in [6.07, 6.45) is 0. The van der Waals surface area contributed by atoms with Crippen LogP contribution in [0, 0.1) is 17.1 Å². The predicted molar refractivity (Wildman–Crippen MR) is 74.9 cm³/mol. The first-order valence-electron chi connectivity index (χ1n) is 5.51. The van der Waals surface area contributed by atoms with Crippen LogP contribution in [0.3, 0.4) is 0 Å². The van der Waals surface area contributed by atoms with Crippen molar-refractivity contribution >= 4 is 27.5 Å². The van der Waals surface area contributed by atoms with Crippen molar-refractivity contribution in [2.75, 3.05) is 5.32 Å². The highest BCUT2D eigenvalue weighted by Gasteiger charge is 2.14. The molecule has 0 radical (unpaired) electrons. The molecule has 20 heavy (non-hydrogen) atoms. The topological polar surface area (TPSA) is 73.1 Å². The van der Waals surface area contributed by atoms with Crippen molar-refractivity contribution in [3.05, 3.63) is 57.8 Å². The highest BCUT2D eigenvalue weighted by molar-refractivity contribution is 9.10. The fourth-order valence-corrected chi connectivity index (χ4v) is 1.96. The molecule has 2 rings (SSSR count). The molecule has 0 atom stereocenters. The lowest BCUT2D eigenvalue weighted by atomic mass is 10.1. The van der Waals surface area contributed by atoms with Gasteiger partial charge in [-0.25, -0.2) is 4.39 Å². The van der Waals surface area contributed by atoms with Crippen LogP contribution in [0.5, 0.6) is 5.75 Å². The molecule has 0 saturated heterocycles. The van der Waals surface area contributed by atoms with Gasteiger partial charge in [-0.3, -0.25) is 4.79 Å². The summed E-state index contributed by atoms with van der Waals surface area (Å²) in [4.78, 5) is 12.0. The normalized spacial score (nSPS) is 9.85. The van der Waals surface area contributed by atoms with E-state index < -0.39 is 11.7 Å². The van der Waals surface area contributed by atoms with Gasteiger partial charge in [0.15, 0.2) is 0 Å². The second-order valence-electron chi connectivity index (χ2n) is 3.92. The number of hydrogen-bond acceptors (Lipinski definition) is 3. The Kier molecular flexibility index (Phi) is 4.01. The summed E-state index contributed by atoms with van der Waals surface area (Å²) < 4.78 is 14.2. The van der Waals surface area contributed by atoms with Crippen LogP contribution in [0.25, 0.3) is 0 Å². The van der Waals surface area contributed by atoms with Crippen LogP contribution in [-0.2, 0) is 0 Å². The molecule has 2 aromatic rings. The van der Waals surface area contributed by atoms with Crippen LogP contribution in [0.4, 0.5) is 10.1 Å². The van der Waals surface area contributed by atoms with Gasteiger partial charge in [0, 0.05) is 10.5 Å². The van der Waals surface area contributed by atoms with E-state index in [4.69, 9.17) is 10.4 Å². The van der Waals surface area contributed by atoms with Gasteiger partial charge in [0.05, 0.1) is 16.8 Å². The van der Waals surface area contributed by atoms with E-state index in [1.54, 1.807) is 12.1 Å². The number of halogens is 2. The summed E-state index contributed by atoms with van der Waals surface area (Å²) >= 11 is 3.23. The Balaban J connectivity index is 2.33. The number of amides is 1. The third-order valence-electron chi connectivity index (χ3n) is 2.55. The molecule has 2 N–H and O–H groups in total. The smallest absolute Gasteiger partial charge is 0.258 e. The number of anilines is 1. The molecule has 100 valence electrons. The summed E-state index contributed by atoms with van der Waals surface area (Å²) in [7, 11) is 0. The third-order valence-corrected chi connectivity index (χ3v) is 3.04. The summed E-state index contributed by atoms with van der Waals surface area (Å²) in [5.41, 5.74) is 0.326. The maximum absolute atomic E-state index is 13.6. The number of carbonyl (C=O) groups excluding carboxylic acids is 1. The zero-order valence-corrected chi connectivity index (χ0v) is 11.6.